The third-order valence-electron chi connectivity index (χ3n) is 2.78. The lowest BCUT2D eigenvalue weighted by atomic mass is 9.75. The minimum absolute atomic E-state index is 0.968. The largest absolute Gasteiger partial charge is 0.0996 e. The lowest BCUT2D eigenvalue weighted by Crippen LogP contribution is -2.19. The summed E-state index contributed by atoms with van der Waals surface area (Å²) in [5.41, 5.74) is 1.54. The van der Waals surface area contributed by atoms with Crippen molar-refractivity contribution in [1.29, 1.82) is 0 Å². The Morgan fingerprint density at radius 3 is 2.38 bits per heavy atom. The summed E-state index contributed by atoms with van der Waals surface area (Å²) in [6.45, 7) is 4.04. The molecule has 0 heterocycles. The zero-order chi connectivity index (χ0) is 5.56. The summed E-state index contributed by atoms with van der Waals surface area (Å²) >= 11 is 0. The standard InChI is InChI=1S/C8H12/c1-6-2-3-7-4-5-8(6)7/h7-8H,1-5H2/t7-,8?/m1/s1. The van der Waals surface area contributed by atoms with E-state index in [2.05, 4.69) is 6.58 Å². The van der Waals surface area contributed by atoms with Crippen molar-refractivity contribution in [2.45, 2.75) is 25.7 Å². The highest BCUT2D eigenvalue weighted by molar-refractivity contribution is 5.13. The molecule has 0 bridgehead atoms. The normalized spacial score (nSPS) is 43.8. The Morgan fingerprint density at radius 1 is 1.25 bits per heavy atom. The van der Waals surface area contributed by atoms with Crippen molar-refractivity contribution in [2.24, 2.45) is 11.8 Å². The van der Waals surface area contributed by atoms with Crippen molar-refractivity contribution in [3.63, 3.8) is 0 Å². The molecule has 2 aliphatic carbocycles. The van der Waals surface area contributed by atoms with Crippen LogP contribution in [0.3, 0.4) is 0 Å². The Morgan fingerprint density at radius 2 is 2.12 bits per heavy atom. The predicted octanol–water partition coefficient (Wildman–Crippen LogP) is 2.36. The molecule has 44 valence electrons. The number of hydrogen-bond donors (Lipinski definition) is 0. The van der Waals surface area contributed by atoms with Gasteiger partial charge in [-0.15, -0.1) is 0 Å². The highest BCUT2D eigenvalue weighted by atomic mass is 14.4. The Balaban J connectivity index is 2.15. The molecule has 2 saturated carbocycles. The first-order chi connectivity index (χ1) is 3.88. The molecule has 2 rings (SSSR count). The van der Waals surface area contributed by atoms with E-state index >= 15 is 0 Å². The van der Waals surface area contributed by atoms with E-state index in [-0.39, 0.29) is 0 Å². The molecule has 0 amide bonds. The first-order valence-corrected chi connectivity index (χ1v) is 3.55. The smallest absolute Gasteiger partial charge is 0.0177 e. The van der Waals surface area contributed by atoms with Crippen molar-refractivity contribution < 1.29 is 0 Å². The lowest BCUT2D eigenvalue weighted by molar-refractivity contribution is 0.248. The molecule has 2 atom stereocenters. The van der Waals surface area contributed by atoms with Gasteiger partial charge in [0.05, 0.1) is 0 Å². The van der Waals surface area contributed by atoms with E-state index in [1.807, 2.05) is 0 Å². The average Bonchev–Trinajstić information content (AvgIpc) is 1.80. The third-order valence-corrected chi connectivity index (χ3v) is 2.78. The number of fused-ring (bicyclic) bond motifs is 1. The van der Waals surface area contributed by atoms with Crippen LogP contribution in [0.5, 0.6) is 0 Å². The Kier molecular flexibility index (Phi) is 0.787. The monoisotopic (exact) mass is 108 g/mol. The van der Waals surface area contributed by atoms with Crippen molar-refractivity contribution in [3.05, 3.63) is 12.2 Å². The Hall–Kier alpha value is -0.260. The van der Waals surface area contributed by atoms with Gasteiger partial charge in [-0.3, -0.25) is 0 Å². The lowest BCUT2D eigenvalue weighted by Gasteiger charge is -2.30. The summed E-state index contributed by atoms with van der Waals surface area (Å²) in [5.74, 6) is 2.04. The fourth-order valence-electron chi connectivity index (χ4n) is 2.01. The summed E-state index contributed by atoms with van der Waals surface area (Å²) < 4.78 is 0. The molecule has 0 aromatic heterocycles. The summed E-state index contributed by atoms with van der Waals surface area (Å²) in [4.78, 5) is 0. The van der Waals surface area contributed by atoms with Crippen molar-refractivity contribution in [2.75, 3.05) is 0 Å². The molecule has 2 aliphatic rings. The van der Waals surface area contributed by atoms with E-state index in [1.54, 1.807) is 5.57 Å². The fourth-order valence-corrected chi connectivity index (χ4v) is 2.01. The molecule has 0 aromatic carbocycles. The van der Waals surface area contributed by atoms with E-state index < -0.39 is 0 Å². The minimum atomic E-state index is 0.968. The Bertz CT molecular complexity index is 124. The molecule has 0 nitrogen and oxygen atoms in total. The van der Waals surface area contributed by atoms with Gasteiger partial charge in [0, 0.05) is 0 Å². The van der Waals surface area contributed by atoms with Crippen LogP contribution >= 0.6 is 0 Å². The van der Waals surface area contributed by atoms with Crippen LogP contribution in [0.15, 0.2) is 12.2 Å². The summed E-state index contributed by atoms with van der Waals surface area (Å²) in [6.07, 6.45) is 5.71. The van der Waals surface area contributed by atoms with E-state index in [1.165, 1.54) is 25.7 Å². The van der Waals surface area contributed by atoms with Crippen LogP contribution in [-0.4, -0.2) is 0 Å². The van der Waals surface area contributed by atoms with E-state index in [0.717, 1.165) is 11.8 Å². The maximum Gasteiger partial charge on any atom is -0.0177 e. The van der Waals surface area contributed by atoms with Gasteiger partial charge in [-0.05, 0) is 37.5 Å². The van der Waals surface area contributed by atoms with E-state index in [0.29, 0.717) is 0 Å². The van der Waals surface area contributed by atoms with Crippen LogP contribution in [-0.2, 0) is 0 Å². The molecule has 2 fully saturated rings. The molecule has 0 saturated heterocycles. The van der Waals surface area contributed by atoms with Crippen molar-refractivity contribution in [3.8, 4) is 0 Å². The number of hydrogen-bond acceptors (Lipinski definition) is 0. The predicted molar refractivity (Wildman–Crippen MR) is 34.6 cm³/mol. The molecule has 0 N–H and O–H groups in total. The van der Waals surface area contributed by atoms with Gasteiger partial charge in [0.25, 0.3) is 0 Å². The molecule has 1 unspecified atom stereocenters. The number of allylic oxidation sites excluding steroid dienone is 1. The second-order valence-electron chi connectivity index (χ2n) is 3.14. The Labute approximate surface area is 50.6 Å². The first-order valence-electron chi connectivity index (χ1n) is 3.55. The molecule has 0 radical (unpaired) electrons. The van der Waals surface area contributed by atoms with E-state index in [4.69, 9.17) is 0 Å². The third kappa shape index (κ3) is 0.410. The SMILES string of the molecule is C=C1CC[C@@H]2CCC12. The average molecular weight is 108 g/mol. The maximum atomic E-state index is 4.04. The highest BCUT2D eigenvalue weighted by Crippen LogP contribution is 2.49. The molecule has 0 heteroatoms. The van der Waals surface area contributed by atoms with Crippen molar-refractivity contribution in [1.82, 2.24) is 0 Å². The van der Waals surface area contributed by atoms with Crippen molar-refractivity contribution >= 4 is 0 Å². The van der Waals surface area contributed by atoms with Crippen LogP contribution in [0.4, 0.5) is 0 Å². The molecular formula is C8H12. The molecule has 0 aliphatic heterocycles. The van der Waals surface area contributed by atoms with Crippen LogP contribution in [0.1, 0.15) is 25.7 Å². The molecule has 8 heavy (non-hydrogen) atoms. The van der Waals surface area contributed by atoms with Gasteiger partial charge in [0.2, 0.25) is 0 Å². The van der Waals surface area contributed by atoms with Crippen LogP contribution in [0.2, 0.25) is 0 Å². The summed E-state index contributed by atoms with van der Waals surface area (Å²) in [7, 11) is 0. The summed E-state index contributed by atoms with van der Waals surface area (Å²) in [5, 5.41) is 0. The zero-order valence-electron chi connectivity index (χ0n) is 5.19. The summed E-state index contributed by atoms with van der Waals surface area (Å²) in [6, 6.07) is 0. The van der Waals surface area contributed by atoms with Gasteiger partial charge in [-0.1, -0.05) is 12.2 Å². The van der Waals surface area contributed by atoms with Gasteiger partial charge < -0.3 is 0 Å². The highest BCUT2D eigenvalue weighted by Gasteiger charge is 2.36. The van der Waals surface area contributed by atoms with Gasteiger partial charge in [0.15, 0.2) is 0 Å². The van der Waals surface area contributed by atoms with Gasteiger partial charge in [-0.25, -0.2) is 0 Å². The maximum absolute atomic E-state index is 4.04. The topological polar surface area (TPSA) is 0 Å². The van der Waals surface area contributed by atoms with Gasteiger partial charge in [-0.2, -0.15) is 0 Å². The van der Waals surface area contributed by atoms with Crippen LogP contribution in [0.25, 0.3) is 0 Å². The van der Waals surface area contributed by atoms with Gasteiger partial charge >= 0.3 is 0 Å². The quantitative estimate of drug-likeness (QED) is 0.418. The molecule has 0 spiro atoms. The first kappa shape index (κ1) is 4.60. The second-order valence-corrected chi connectivity index (χ2v) is 3.14. The fraction of sp³-hybridized carbons (Fsp3) is 0.750. The molecular weight excluding hydrogens is 96.1 g/mol. The van der Waals surface area contributed by atoms with E-state index in [9.17, 15) is 0 Å². The molecule has 0 aromatic rings. The number of rotatable bonds is 0. The second kappa shape index (κ2) is 1.37. The van der Waals surface area contributed by atoms with Gasteiger partial charge in [0.1, 0.15) is 0 Å². The minimum Gasteiger partial charge on any atom is -0.0996 e. The zero-order valence-corrected chi connectivity index (χ0v) is 5.19. The van der Waals surface area contributed by atoms with Crippen LogP contribution < -0.4 is 0 Å². The van der Waals surface area contributed by atoms with Crippen LogP contribution in [0, 0.1) is 11.8 Å².